The van der Waals surface area contributed by atoms with E-state index in [1.54, 1.807) is 24.3 Å². The number of thioether (sulfide) groups is 1. The number of anilines is 1. The minimum atomic E-state index is -0.289. The van der Waals surface area contributed by atoms with Crippen LogP contribution < -0.4 is 10.7 Å². The third kappa shape index (κ3) is 6.53. The van der Waals surface area contributed by atoms with E-state index in [1.807, 2.05) is 18.2 Å². The molecular formula is C17H17N3O3S. The van der Waals surface area contributed by atoms with Gasteiger partial charge >= 0.3 is 0 Å². The fourth-order valence-electron chi connectivity index (χ4n) is 1.73. The number of phenols is 1. The number of nitrogens with one attached hydrogen (secondary N) is 2. The molecule has 0 unspecified atom stereocenters. The quantitative estimate of drug-likeness (QED) is 0.531. The van der Waals surface area contributed by atoms with Crippen molar-refractivity contribution in [2.45, 2.75) is 0 Å². The van der Waals surface area contributed by atoms with Crippen LogP contribution in [0, 0.1) is 0 Å². The Labute approximate surface area is 144 Å². The molecule has 0 aliphatic carbocycles. The summed E-state index contributed by atoms with van der Waals surface area (Å²) < 4.78 is 0. The Balaban J connectivity index is 1.64. The van der Waals surface area contributed by atoms with E-state index in [-0.39, 0.29) is 29.1 Å². The minimum Gasteiger partial charge on any atom is -0.508 e. The highest BCUT2D eigenvalue weighted by molar-refractivity contribution is 8.00. The number of hydrazone groups is 1. The first-order valence-corrected chi connectivity index (χ1v) is 8.32. The number of phenolic OH excluding ortho intramolecular Hbond substituents is 1. The van der Waals surface area contributed by atoms with Gasteiger partial charge in [-0.05, 0) is 42.0 Å². The summed E-state index contributed by atoms with van der Waals surface area (Å²) in [5.41, 5.74) is 3.87. The second-order valence-corrected chi connectivity index (χ2v) is 5.78. The molecule has 0 fully saturated rings. The summed E-state index contributed by atoms with van der Waals surface area (Å²) in [5, 5.41) is 15.7. The van der Waals surface area contributed by atoms with Gasteiger partial charge in [-0.25, -0.2) is 5.43 Å². The molecule has 2 amide bonds. The lowest BCUT2D eigenvalue weighted by atomic mass is 10.2. The molecule has 6 nitrogen and oxygen atoms in total. The molecule has 0 aliphatic heterocycles. The Bertz CT molecular complexity index is 703. The number of hydrogen-bond donors (Lipinski definition) is 3. The van der Waals surface area contributed by atoms with Crippen molar-refractivity contribution >= 4 is 35.5 Å². The van der Waals surface area contributed by atoms with E-state index in [1.165, 1.54) is 30.1 Å². The second-order valence-electron chi connectivity index (χ2n) is 4.79. The van der Waals surface area contributed by atoms with E-state index in [9.17, 15) is 9.59 Å². The Morgan fingerprint density at radius 3 is 2.38 bits per heavy atom. The van der Waals surface area contributed by atoms with Crippen LogP contribution >= 0.6 is 11.8 Å². The zero-order valence-corrected chi connectivity index (χ0v) is 13.6. The van der Waals surface area contributed by atoms with Gasteiger partial charge in [-0.15, -0.1) is 11.8 Å². The van der Waals surface area contributed by atoms with E-state index in [0.29, 0.717) is 0 Å². The summed E-state index contributed by atoms with van der Waals surface area (Å²) in [6, 6.07) is 15.6. The third-order valence-electron chi connectivity index (χ3n) is 2.82. The van der Waals surface area contributed by atoms with Gasteiger partial charge in [0.2, 0.25) is 11.8 Å². The van der Waals surface area contributed by atoms with Crippen LogP contribution in [0.2, 0.25) is 0 Å². The lowest BCUT2D eigenvalue weighted by Crippen LogP contribution is -2.21. The van der Waals surface area contributed by atoms with Crippen LogP contribution in [0.5, 0.6) is 5.75 Å². The molecule has 0 saturated heterocycles. The molecule has 0 saturated carbocycles. The van der Waals surface area contributed by atoms with E-state index >= 15 is 0 Å². The molecule has 3 N–H and O–H groups in total. The Morgan fingerprint density at radius 1 is 1.00 bits per heavy atom. The summed E-state index contributed by atoms with van der Waals surface area (Å²) in [5.74, 6) is 0.0366. The SMILES string of the molecule is O=C(CSCC(=O)Nc1ccccc1)NN=Cc1ccc(O)cc1. The fourth-order valence-corrected chi connectivity index (χ4v) is 2.34. The number of rotatable bonds is 7. The Morgan fingerprint density at radius 2 is 1.67 bits per heavy atom. The van der Waals surface area contributed by atoms with Gasteiger partial charge in [-0.2, -0.15) is 5.10 Å². The first kappa shape index (κ1) is 17.6. The van der Waals surface area contributed by atoms with Crippen molar-refractivity contribution in [1.29, 1.82) is 0 Å². The number of carbonyl (C=O) groups is 2. The molecule has 2 aromatic rings. The second kappa shape index (κ2) is 9.36. The largest absolute Gasteiger partial charge is 0.508 e. The topological polar surface area (TPSA) is 90.8 Å². The van der Waals surface area contributed by atoms with Crippen LogP contribution in [0.1, 0.15) is 5.56 Å². The maximum Gasteiger partial charge on any atom is 0.250 e. The number of aromatic hydroxyl groups is 1. The predicted molar refractivity (Wildman–Crippen MR) is 96.2 cm³/mol. The van der Waals surface area contributed by atoms with Crippen molar-refractivity contribution in [2.24, 2.45) is 5.10 Å². The molecule has 0 aromatic heterocycles. The number of nitrogens with zero attached hydrogens (tertiary/aromatic N) is 1. The van der Waals surface area contributed by atoms with Crippen LogP contribution in [0.3, 0.4) is 0 Å². The van der Waals surface area contributed by atoms with Crippen molar-refractivity contribution in [1.82, 2.24) is 5.43 Å². The van der Waals surface area contributed by atoms with Crippen molar-refractivity contribution in [3.63, 3.8) is 0 Å². The van der Waals surface area contributed by atoms with Crippen molar-refractivity contribution in [3.8, 4) is 5.75 Å². The van der Waals surface area contributed by atoms with Crippen molar-refractivity contribution in [2.75, 3.05) is 16.8 Å². The fraction of sp³-hybridized carbons (Fsp3) is 0.118. The molecule has 24 heavy (non-hydrogen) atoms. The molecule has 0 bridgehead atoms. The molecule has 124 valence electrons. The molecular weight excluding hydrogens is 326 g/mol. The van der Waals surface area contributed by atoms with Gasteiger partial charge in [-0.3, -0.25) is 9.59 Å². The average Bonchev–Trinajstić information content (AvgIpc) is 2.57. The monoisotopic (exact) mass is 343 g/mol. The molecule has 2 rings (SSSR count). The van der Waals surface area contributed by atoms with E-state index < -0.39 is 0 Å². The van der Waals surface area contributed by atoms with Gasteiger partial charge in [0.05, 0.1) is 17.7 Å². The number of para-hydroxylation sites is 1. The number of hydrogen-bond acceptors (Lipinski definition) is 5. The highest BCUT2D eigenvalue weighted by Crippen LogP contribution is 2.08. The number of carbonyl (C=O) groups excluding carboxylic acids is 2. The van der Waals surface area contributed by atoms with Gasteiger partial charge in [0.15, 0.2) is 0 Å². The van der Waals surface area contributed by atoms with Crippen LogP contribution in [0.15, 0.2) is 59.7 Å². The maximum absolute atomic E-state index is 11.7. The van der Waals surface area contributed by atoms with Crippen molar-refractivity contribution in [3.05, 3.63) is 60.2 Å². The third-order valence-corrected chi connectivity index (χ3v) is 3.75. The maximum atomic E-state index is 11.7. The Kier molecular flexibility index (Phi) is 6.85. The van der Waals surface area contributed by atoms with Crippen LogP contribution in [-0.2, 0) is 9.59 Å². The van der Waals surface area contributed by atoms with Crippen molar-refractivity contribution < 1.29 is 14.7 Å². The molecule has 0 radical (unpaired) electrons. The predicted octanol–water partition coefficient (Wildman–Crippen LogP) is 2.21. The zero-order valence-electron chi connectivity index (χ0n) is 12.8. The van der Waals surface area contributed by atoms with Gasteiger partial charge in [0, 0.05) is 5.69 Å². The van der Waals surface area contributed by atoms with Gasteiger partial charge in [0.25, 0.3) is 0 Å². The van der Waals surface area contributed by atoms with E-state index in [2.05, 4.69) is 15.8 Å². The summed E-state index contributed by atoms with van der Waals surface area (Å²) in [6.45, 7) is 0. The summed E-state index contributed by atoms with van der Waals surface area (Å²) in [4.78, 5) is 23.3. The smallest absolute Gasteiger partial charge is 0.250 e. The lowest BCUT2D eigenvalue weighted by molar-refractivity contribution is -0.118. The van der Waals surface area contributed by atoms with Crippen LogP contribution in [0.25, 0.3) is 0 Å². The molecule has 0 aliphatic rings. The van der Waals surface area contributed by atoms with Gasteiger partial charge in [-0.1, -0.05) is 18.2 Å². The summed E-state index contributed by atoms with van der Waals surface area (Å²) in [7, 11) is 0. The first-order valence-electron chi connectivity index (χ1n) is 7.17. The summed E-state index contributed by atoms with van der Waals surface area (Å²) in [6.07, 6.45) is 1.48. The van der Waals surface area contributed by atoms with E-state index in [4.69, 9.17) is 5.11 Å². The number of benzene rings is 2. The number of amides is 2. The minimum absolute atomic E-state index is 0.134. The Hall–Kier alpha value is -2.80. The summed E-state index contributed by atoms with van der Waals surface area (Å²) >= 11 is 1.21. The molecule has 0 atom stereocenters. The van der Waals surface area contributed by atoms with E-state index in [0.717, 1.165) is 11.3 Å². The van der Waals surface area contributed by atoms with Crippen LogP contribution in [0.4, 0.5) is 5.69 Å². The lowest BCUT2D eigenvalue weighted by Gasteiger charge is -2.04. The highest BCUT2D eigenvalue weighted by atomic mass is 32.2. The van der Waals surface area contributed by atoms with Gasteiger partial charge < -0.3 is 10.4 Å². The molecule has 0 heterocycles. The first-order chi connectivity index (χ1) is 11.6. The highest BCUT2D eigenvalue weighted by Gasteiger charge is 2.05. The van der Waals surface area contributed by atoms with Crippen LogP contribution in [-0.4, -0.2) is 34.6 Å². The molecule has 0 spiro atoms. The molecule has 2 aromatic carbocycles. The molecule has 7 heteroatoms. The zero-order chi connectivity index (χ0) is 17.2. The standard InChI is InChI=1S/C17H17N3O3S/c21-15-8-6-13(7-9-15)10-18-20-17(23)12-24-11-16(22)19-14-4-2-1-3-5-14/h1-10,21H,11-12H2,(H,19,22)(H,20,23). The average molecular weight is 343 g/mol. The normalized spacial score (nSPS) is 10.5. The van der Waals surface area contributed by atoms with Gasteiger partial charge in [0.1, 0.15) is 5.75 Å².